The summed E-state index contributed by atoms with van der Waals surface area (Å²) in [5.74, 6) is 0.746. The van der Waals surface area contributed by atoms with Crippen LogP contribution in [0.1, 0.15) is 18.5 Å². The molecule has 28 heavy (non-hydrogen) atoms. The summed E-state index contributed by atoms with van der Waals surface area (Å²) in [6.07, 6.45) is 6.87. The Morgan fingerprint density at radius 1 is 0.857 bits per heavy atom. The van der Waals surface area contributed by atoms with E-state index in [0.717, 1.165) is 39.2 Å². The summed E-state index contributed by atoms with van der Waals surface area (Å²) in [7, 11) is 0. The molecule has 0 saturated heterocycles. The van der Waals surface area contributed by atoms with Crippen LogP contribution in [-0.2, 0) is 0 Å². The van der Waals surface area contributed by atoms with Crippen LogP contribution in [-0.4, -0.2) is 25.9 Å². The number of benzene rings is 2. The average molecular weight is 404 g/mol. The highest BCUT2D eigenvalue weighted by molar-refractivity contribution is 8.00. The van der Waals surface area contributed by atoms with E-state index in [-0.39, 0.29) is 0 Å². The molecule has 1 fully saturated rings. The fourth-order valence-corrected chi connectivity index (χ4v) is 4.77. The molecule has 5 heteroatoms. The molecule has 2 aromatic carbocycles. The summed E-state index contributed by atoms with van der Waals surface area (Å²) in [4.78, 5) is 12.2. The second-order valence-electron chi connectivity index (χ2n) is 7.12. The fraction of sp³-hybridized carbons (Fsp3) is 0.217. The molecule has 4 aromatic rings. The zero-order valence-corrected chi connectivity index (χ0v) is 17.6. The van der Waals surface area contributed by atoms with Gasteiger partial charge in [-0.25, -0.2) is 9.97 Å². The molecular weight excluding hydrogens is 382 g/mol. The summed E-state index contributed by atoms with van der Waals surface area (Å²) in [6, 6.07) is 19.6. The lowest BCUT2D eigenvalue weighted by Gasteiger charge is -2.07. The van der Waals surface area contributed by atoms with E-state index < -0.39 is 0 Å². The van der Waals surface area contributed by atoms with Gasteiger partial charge in [0.05, 0.1) is 11.4 Å². The first-order valence-electron chi connectivity index (χ1n) is 9.48. The maximum Gasteiger partial charge on any atom is 0.235 e. The van der Waals surface area contributed by atoms with Crippen molar-refractivity contribution in [3.63, 3.8) is 0 Å². The van der Waals surface area contributed by atoms with Crippen LogP contribution < -0.4 is 0 Å². The van der Waals surface area contributed by atoms with Crippen LogP contribution in [0, 0.1) is 6.92 Å². The van der Waals surface area contributed by atoms with Gasteiger partial charge in [-0.1, -0.05) is 24.3 Å². The van der Waals surface area contributed by atoms with E-state index in [4.69, 9.17) is 4.98 Å². The van der Waals surface area contributed by atoms with Crippen molar-refractivity contribution < 1.29 is 0 Å². The van der Waals surface area contributed by atoms with Gasteiger partial charge in [-0.3, -0.25) is 4.40 Å². The first-order chi connectivity index (χ1) is 13.7. The van der Waals surface area contributed by atoms with Crippen molar-refractivity contribution in [3.8, 4) is 22.5 Å². The molecule has 2 aromatic heterocycles. The number of aryl methyl sites for hydroxylation is 1. The number of fused-ring (bicyclic) bond motifs is 1. The molecule has 0 atom stereocenters. The Morgan fingerprint density at radius 3 is 2.21 bits per heavy atom. The van der Waals surface area contributed by atoms with E-state index in [1.54, 1.807) is 11.8 Å². The largest absolute Gasteiger partial charge is 0.283 e. The van der Waals surface area contributed by atoms with Crippen molar-refractivity contribution in [2.75, 3.05) is 6.26 Å². The lowest BCUT2D eigenvalue weighted by molar-refractivity contribution is 1.07. The van der Waals surface area contributed by atoms with Crippen LogP contribution in [0.15, 0.2) is 70.6 Å². The molecule has 0 spiro atoms. The SMILES string of the molecule is CSc1ccc(-c2c(-c3ccc(SC4CC4)cc3)nc3nc(C)ccn23)cc1. The minimum absolute atomic E-state index is 0.746. The monoisotopic (exact) mass is 403 g/mol. The van der Waals surface area contributed by atoms with Gasteiger partial charge in [0, 0.05) is 38.1 Å². The van der Waals surface area contributed by atoms with Crippen molar-refractivity contribution in [2.24, 2.45) is 0 Å². The molecule has 5 rings (SSSR count). The van der Waals surface area contributed by atoms with Crippen molar-refractivity contribution >= 4 is 29.3 Å². The molecular formula is C23H21N3S2. The van der Waals surface area contributed by atoms with E-state index in [1.165, 1.54) is 22.6 Å². The van der Waals surface area contributed by atoms with Gasteiger partial charge in [0.15, 0.2) is 0 Å². The molecule has 0 radical (unpaired) electrons. The molecule has 140 valence electrons. The molecule has 2 heterocycles. The van der Waals surface area contributed by atoms with Crippen LogP contribution in [0.2, 0.25) is 0 Å². The standard InChI is InChI=1S/C23H21N3S2/c1-15-13-14-26-22(17-5-7-18(27-2)8-6-17)21(25-23(26)24-15)16-3-9-19(10-4-16)28-20-11-12-20/h3-10,13-14,20H,11-12H2,1-2H3. The van der Waals surface area contributed by atoms with Gasteiger partial charge in [-0.2, -0.15) is 0 Å². The molecule has 3 nitrogen and oxygen atoms in total. The van der Waals surface area contributed by atoms with Crippen LogP contribution in [0.4, 0.5) is 0 Å². The molecule has 0 amide bonds. The minimum atomic E-state index is 0.746. The van der Waals surface area contributed by atoms with E-state index in [0.29, 0.717) is 0 Å². The van der Waals surface area contributed by atoms with Crippen LogP contribution in [0.3, 0.4) is 0 Å². The zero-order valence-electron chi connectivity index (χ0n) is 15.9. The molecule has 0 N–H and O–H groups in total. The first-order valence-corrected chi connectivity index (χ1v) is 11.6. The number of hydrogen-bond donors (Lipinski definition) is 0. The Bertz CT molecular complexity index is 1130. The highest BCUT2D eigenvalue weighted by Crippen LogP contribution is 2.40. The summed E-state index contributed by atoms with van der Waals surface area (Å²) < 4.78 is 2.10. The van der Waals surface area contributed by atoms with Crippen LogP contribution >= 0.6 is 23.5 Å². The third-order valence-electron chi connectivity index (χ3n) is 4.95. The first kappa shape index (κ1) is 17.8. The summed E-state index contributed by atoms with van der Waals surface area (Å²) in [6.45, 7) is 2.01. The van der Waals surface area contributed by atoms with Crippen molar-refractivity contribution in [1.29, 1.82) is 0 Å². The van der Waals surface area contributed by atoms with Crippen LogP contribution in [0.25, 0.3) is 28.3 Å². The number of hydrogen-bond acceptors (Lipinski definition) is 4. The Balaban J connectivity index is 1.64. The number of nitrogens with zero attached hydrogens (tertiary/aromatic N) is 3. The van der Waals surface area contributed by atoms with E-state index in [1.807, 2.05) is 24.8 Å². The van der Waals surface area contributed by atoms with Crippen LogP contribution in [0.5, 0.6) is 0 Å². The second-order valence-corrected chi connectivity index (χ2v) is 9.37. The highest BCUT2D eigenvalue weighted by Gasteiger charge is 2.22. The maximum absolute atomic E-state index is 4.91. The van der Waals surface area contributed by atoms with Gasteiger partial charge in [-0.05, 0) is 56.4 Å². The number of rotatable bonds is 5. The summed E-state index contributed by atoms with van der Waals surface area (Å²) in [5, 5.41) is 0.818. The fourth-order valence-electron chi connectivity index (χ4n) is 3.31. The Morgan fingerprint density at radius 2 is 1.54 bits per heavy atom. The van der Waals surface area contributed by atoms with E-state index in [9.17, 15) is 0 Å². The third kappa shape index (κ3) is 3.45. The average Bonchev–Trinajstić information content (AvgIpc) is 3.46. The normalized spacial score (nSPS) is 13.9. The van der Waals surface area contributed by atoms with Gasteiger partial charge in [0.25, 0.3) is 0 Å². The molecule has 1 aliphatic rings. The van der Waals surface area contributed by atoms with Gasteiger partial charge in [-0.15, -0.1) is 23.5 Å². The van der Waals surface area contributed by atoms with Crippen molar-refractivity contribution in [3.05, 3.63) is 66.5 Å². The van der Waals surface area contributed by atoms with Crippen molar-refractivity contribution in [2.45, 2.75) is 34.8 Å². The Hall–Kier alpha value is -2.24. The summed E-state index contributed by atoms with van der Waals surface area (Å²) in [5.41, 5.74) is 5.34. The second kappa shape index (κ2) is 7.30. The minimum Gasteiger partial charge on any atom is -0.283 e. The third-order valence-corrected chi connectivity index (χ3v) is 7.04. The van der Waals surface area contributed by atoms with Gasteiger partial charge in [0.1, 0.15) is 0 Å². The van der Waals surface area contributed by atoms with E-state index in [2.05, 4.69) is 70.4 Å². The predicted molar refractivity (Wildman–Crippen MR) is 119 cm³/mol. The highest BCUT2D eigenvalue weighted by atomic mass is 32.2. The van der Waals surface area contributed by atoms with Gasteiger partial charge < -0.3 is 0 Å². The molecule has 0 unspecified atom stereocenters. The lowest BCUT2D eigenvalue weighted by Crippen LogP contribution is -1.92. The maximum atomic E-state index is 4.91. The van der Waals surface area contributed by atoms with E-state index >= 15 is 0 Å². The molecule has 0 aliphatic heterocycles. The predicted octanol–water partition coefficient (Wildman–Crippen LogP) is 6.35. The Kier molecular flexibility index (Phi) is 4.65. The molecule has 1 aliphatic carbocycles. The number of imidazole rings is 1. The molecule has 1 saturated carbocycles. The smallest absolute Gasteiger partial charge is 0.235 e. The Labute approximate surface area is 173 Å². The summed E-state index contributed by atoms with van der Waals surface area (Å²) >= 11 is 3.74. The van der Waals surface area contributed by atoms with Gasteiger partial charge >= 0.3 is 0 Å². The lowest BCUT2D eigenvalue weighted by atomic mass is 10.0. The van der Waals surface area contributed by atoms with Gasteiger partial charge in [0.2, 0.25) is 5.78 Å². The quantitative estimate of drug-likeness (QED) is 0.363. The number of thioether (sulfide) groups is 2. The zero-order chi connectivity index (χ0) is 19.1. The number of aromatic nitrogens is 3. The van der Waals surface area contributed by atoms with Crippen molar-refractivity contribution in [1.82, 2.24) is 14.4 Å². The topological polar surface area (TPSA) is 30.2 Å². The molecule has 0 bridgehead atoms.